The molecule has 6 heteroatoms. The van der Waals surface area contributed by atoms with Crippen molar-refractivity contribution in [1.29, 1.82) is 0 Å². The molecule has 0 bridgehead atoms. The lowest BCUT2D eigenvalue weighted by Gasteiger charge is -2.41. The molecule has 6 nitrogen and oxygen atoms in total. The monoisotopic (exact) mass is 322 g/mol. The van der Waals surface area contributed by atoms with Crippen LogP contribution in [0.1, 0.15) is 25.0 Å². The van der Waals surface area contributed by atoms with Gasteiger partial charge in [-0.15, -0.1) is 0 Å². The predicted octanol–water partition coefficient (Wildman–Crippen LogP) is 1.37. The van der Waals surface area contributed by atoms with Crippen molar-refractivity contribution in [3.63, 3.8) is 0 Å². The van der Waals surface area contributed by atoms with Gasteiger partial charge in [0, 0.05) is 18.2 Å². The standard InChI is InChI=1S/C17H22O6/c1-8-6-11(18)9(2)12(7-8)23-14-10(3)13(19)15(20)17(4,22-5)16(14)21/h6-7,15-16,18,20-21H,1-5H3/t15-,16-,17+/m1/s1. The van der Waals surface area contributed by atoms with Crippen LogP contribution in [-0.4, -0.2) is 46.0 Å². The highest BCUT2D eigenvalue weighted by Gasteiger charge is 2.52. The molecule has 0 saturated carbocycles. The largest absolute Gasteiger partial charge is 0.508 e. The molecular weight excluding hydrogens is 300 g/mol. The maximum Gasteiger partial charge on any atom is 0.193 e. The molecule has 0 amide bonds. The maximum absolute atomic E-state index is 12.2. The Labute approximate surface area is 135 Å². The number of carbonyl (C=O) groups is 1. The summed E-state index contributed by atoms with van der Waals surface area (Å²) < 4.78 is 10.9. The van der Waals surface area contributed by atoms with Gasteiger partial charge in [0.05, 0.1) is 0 Å². The minimum absolute atomic E-state index is 0.0118. The van der Waals surface area contributed by atoms with Gasteiger partial charge < -0.3 is 24.8 Å². The number of aromatic hydroxyl groups is 1. The van der Waals surface area contributed by atoms with Crippen LogP contribution in [0.15, 0.2) is 23.5 Å². The van der Waals surface area contributed by atoms with Crippen molar-refractivity contribution in [2.45, 2.75) is 45.5 Å². The molecule has 3 N–H and O–H groups in total. The van der Waals surface area contributed by atoms with Crippen molar-refractivity contribution < 1.29 is 29.6 Å². The predicted molar refractivity (Wildman–Crippen MR) is 83.3 cm³/mol. The molecule has 0 aromatic heterocycles. The average molecular weight is 322 g/mol. The molecule has 23 heavy (non-hydrogen) atoms. The van der Waals surface area contributed by atoms with E-state index in [1.165, 1.54) is 21.0 Å². The van der Waals surface area contributed by atoms with Gasteiger partial charge in [-0.3, -0.25) is 4.79 Å². The number of aliphatic hydroxyl groups is 2. The number of carbonyl (C=O) groups excluding carboxylic acids is 1. The SMILES string of the molecule is CO[C@@]1(C)[C@H](O)C(=O)C(C)=C(Oc2cc(C)cc(O)c2C)[C@H]1O. The maximum atomic E-state index is 12.2. The fourth-order valence-corrected chi connectivity index (χ4v) is 2.59. The Hall–Kier alpha value is -1.89. The number of hydrogen-bond donors (Lipinski definition) is 3. The summed E-state index contributed by atoms with van der Waals surface area (Å²) in [6, 6.07) is 3.29. The highest BCUT2D eigenvalue weighted by Crippen LogP contribution is 2.37. The van der Waals surface area contributed by atoms with Gasteiger partial charge in [-0.2, -0.15) is 0 Å². The number of benzene rings is 1. The summed E-state index contributed by atoms with van der Waals surface area (Å²) in [7, 11) is 1.31. The van der Waals surface area contributed by atoms with E-state index in [4.69, 9.17) is 9.47 Å². The van der Waals surface area contributed by atoms with Crippen LogP contribution in [0.4, 0.5) is 0 Å². The normalized spacial score (nSPS) is 28.2. The van der Waals surface area contributed by atoms with E-state index >= 15 is 0 Å². The van der Waals surface area contributed by atoms with E-state index < -0.39 is 23.6 Å². The lowest BCUT2D eigenvalue weighted by Crippen LogP contribution is -2.59. The van der Waals surface area contributed by atoms with E-state index in [0.29, 0.717) is 11.3 Å². The van der Waals surface area contributed by atoms with Gasteiger partial charge in [0.1, 0.15) is 35.1 Å². The zero-order valence-corrected chi connectivity index (χ0v) is 13.9. The van der Waals surface area contributed by atoms with E-state index in [2.05, 4.69) is 0 Å². The second-order valence-corrected chi connectivity index (χ2v) is 6.06. The quantitative estimate of drug-likeness (QED) is 0.778. The Balaban J connectivity index is 2.52. The van der Waals surface area contributed by atoms with Crippen molar-refractivity contribution in [3.05, 3.63) is 34.6 Å². The molecule has 0 fully saturated rings. The molecule has 1 aromatic carbocycles. The molecular formula is C17H22O6. The highest BCUT2D eigenvalue weighted by atomic mass is 16.5. The van der Waals surface area contributed by atoms with Gasteiger partial charge >= 0.3 is 0 Å². The first-order valence-electron chi connectivity index (χ1n) is 7.27. The van der Waals surface area contributed by atoms with Crippen LogP contribution in [0, 0.1) is 13.8 Å². The smallest absolute Gasteiger partial charge is 0.193 e. The molecule has 3 atom stereocenters. The zero-order valence-electron chi connectivity index (χ0n) is 13.9. The molecule has 126 valence electrons. The average Bonchev–Trinajstić information content (AvgIpc) is 2.52. The van der Waals surface area contributed by atoms with E-state index in [-0.39, 0.29) is 17.1 Å². The molecule has 1 aliphatic rings. The fourth-order valence-electron chi connectivity index (χ4n) is 2.59. The minimum Gasteiger partial charge on any atom is -0.508 e. The van der Waals surface area contributed by atoms with Crippen LogP contribution in [-0.2, 0) is 9.53 Å². The van der Waals surface area contributed by atoms with Crippen LogP contribution in [0.25, 0.3) is 0 Å². The number of ether oxygens (including phenoxy) is 2. The summed E-state index contributed by atoms with van der Waals surface area (Å²) in [5.74, 6) is -0.162. The van der Waals surface area contributed by atoms with E-state index in [1.807, 2.05) is 0 Å². The Bertz CT molecular complexity index is 678. The van der Waals surface area contributed by atoms with Crippen LogP contribution in [0.3, 0.4) is 0 Å². The number of aryl methyl sites for hydroxylation is 1. The molecule has 0 saturated heterocycles. The number of aliphatic hydroxyl groups excluding tert-OH is 2. The van der Waals surface area contributed by atoms with Crippen molar-refractivity contribution >= 4 is 5.78 Å². The molecule has 0 heterocycles. The molecule has 0 radical (unpaired) electrons. The Morgan fingerprint density at radius 1 is 1.13 bits per heavy atom. The molecule has 2 rings (SSSR count). The summed E-state index contributed by atoms with van der Waals surface area (Å²) >= 11 is 0. The van der Waals surface area contributed by atoms with E-state index in [9.17, 15) is 20.1 Å². The third-order valence-electron chi connectivity index (χ3n) is 4.46. The molecule has 0 spiro atoms. The number of phenols is 1. The second kappa shape index (κ2) is 5.96. The van der Waals surface area contributed by atoms with Gasteiger partial charge in [-0.05, 0) is 45.4 Å². The van der Waals surface area contributed by atoms with Crippen LogP contribution < -0.4 is 4.74 Å². The molecule has 0 aliphatic heterocycles. The van der Waals surface area contributed by atoms with Crippen LogP contribution in [0.5, 0.6) is 11.5 Å². The van der Waals surface area contributed by atoms with Crippen molar-refractivity contribution in [3.8, 4) is 11.5 Å². The Morgan fingerprint density at radius 3 is 2.30 bits per heavy atom. The van der Waals surface area contributed by atoms with Gasteiger partial charge in [-0.25, -0.2) is 0 Å². The van der Waals surface area contributed by atoms with Gasteiger partial charge in [-0.1, -0.05) is 0 Å². The molecule has 1 aromatic rings. The van der Waals surface area contributed by atoms with Crippen molar-refractivity contribution in [1.82, 2.24) is 0 Å². The Kier molecular flexibility index (Phi) is 4.52. The van der Waals surface area contributed by atoms with Gasteiger partial charge in [0.15, 0.2) is 5.78 Å². The third kappa shape index (κ3) is 2.73. The molecule has 1 aliphatic carbocycles. The van der Waals surface area contributed by atoms with Crippen LogP contribution in [0.2, 0.25) is 0 Å². The zero-order chi connectivity index (χ0) is 17.5. The van der Waals surface area contributed by atoms with Gasteiger partial charge in [0.25, 0.3) is 0 Å². The first kappa shape index (κ1) is 17.5. The number of rotatable bonds is 3. The fraction of sp³-hybridized carbons (Fsp3) is 0.471. The van der Waals surface area contributed by atoms with Crippen molar-refractivity contribution in [2.75, 3.05) is 7.11 Å². The third-order valence-corrected chi connectivity index (χ3v) is 4.46. The summed E-state index contributed by atoms with van der Waals surface area (Å²) in [5, 5.41) is 30.5. The first-order chi connectivity index (χ1) is 10.6. The first-order valence-corrected chi connectivity index (χ1v) is 7.27. The van der Waals surface area contributed by atoms with Crippen molar-refractivity contribution in [2.24, 2.45) is 0 Å². The lowest BCUT2D eigenvalue weighted by molar-refractivity contribution is -0.170. The number of methoxy groups -OCH3 is 1. The summed E-state index contributed by atoms with van der Waals surface area (Å²) in [6.07, 6.45) is -2.82. The lowest BCUT2D eigenvalue weighted by atomic mass is 9.80. The summed E-state index contributed by atoms with van der Waals surface area (Å²) in [5.41, 5.74) is -0.126. The topological polar surface area (TPSA) is 96.2 Å². The number of ketones is 1. The summed E-state index contributed by atoms with van der Waals surface area (Å²) in [6.45, 7) is 6.38. The minimum atomic E-state index is -1.51. The van der Waals surface area contributed by atoms with E-state index in [1.54, 1.807) is 26.0 Å². The number of hydrogen-bond acceptors (Lipinski definition) is 6. The van der Waals surface area contributed by atoms with Gasteiger partial charge in [0.2, 0.25) is 0 Å². The van der Waals surface area contributed by atoms with E-state index in [0.717, 1.165) is 5.56 Å². The highest BCUT2D eigenvalue weighted by molar-refractivity contribution is 6.01. The number of Topliss-reactive ketones (excluding diaryl/α,β-unsaturated/α-hetero) is 1. The summed E-state index contributed by atoms with van der Waals surface area (Å²) in [4.78, 5) is 12.2. The number of phenolic OH excluding ortho intramolecular Hbond substituents is 1. The van der Waals surface area contributed by atoms with Crippen LogP contribution >= 0.6 is 0 Å². The second-order valence-electron chi connectivity index (χ2n) is 6.06. The Morgan fingerprint density at radius 2 is 1.74 bits per heavy atom. The molecule has 0 unspecified atom stereocenters.